The molecule has 0 saturated carbocycles. The SMILES string of the molecule is CCCCOCCOc1ccc(-c2ccc3c(c2)C=C(C(=O)Nc2ccc(S(=O)(=O)Cc4nccn4CCCC(N)=O)cc2)CCN3CC(C)C)cc1. The van der Waals surface area contributed by atoms with E-state index >= 15 is 0 Å². The fourth-order valence-corrected chi connectivity index (χ4v) is 7.51. The topological polar surface area (TPSA) is 146 Å². The van der Waals surface area contributed by atoms with E-state index in [2.05, 4.69) is 54.2 Å². The number of aromatic nitrogens is 2. The zero-order valence-corrected chi connectivity index (χ0v) is 31.7. The van der Waals surface area contributed by atoms with E-state index in [4.69, 9.17) is 15.2 Å². The Bertz CT molecular complexity index is 1970. The van der Waals surface area contributed by atoms with Crippen molar-refractivity contribution in [2.75, 3.05) is 43.1 Å². The average Bonchev–Trinajstić information content (AvgIpc) is 3.48. The molecule has 1 aliphatic rings. The summed E-state index contributed by atoms with van der Waals surface area (Å²) in [5.41, 5.74) is 10.5. The molecule has 12 heteroatoms. The lowest BCUT2D eigenvalue weighted by atomic mass is 10.00. The molecule has 2 heterocycles. The van der Waals surface area contributed by atoms with Crippen LogP contribution in [0.4, 0.5) is 11.4 Å². The Labute approximate surface area is 313 Å². The second-order valence-corrected chi connectivity index (χ2v) is 15.7. The van der Waals surface area contributed by atoms with E-state index < -0.39 is 15.7 Å². The number of fused-ring (bicyclic) bond motifs is 1. The average molecular weight is 742 g/mol. The van der Waals surface area contributed by atoms with Crippen LogP contribution in [-0.4, -0.2) is 62.7 Å². The molecule has 0 aliphatic carbocycles. The third kappa shape index (κ3) is 11.3. The number of carbonyl (C=O) groups is 2. The van der Waals surface area contributed by atoms with Gasteiger partial charge in [0.2, 0.25) is 5.91 Å². The summed E-state index contributed by atoms with van der Waals surface area (Å²) in [6.07, 6.45) is 8.60. The predicted octanol–water partition coefficient (Wildman–Crippen LogP) is 6.87. The maximum Gasteiger partial charge on any atom is 0.251 e. The molecule has 5 rings (SSSR count). The minimum absolute atomic E-state index is 0.123. The van der Waals surface area contributed by atoms with E-state index in [1.54, 1.807) is 22.9 Å². The number of nitrogens with zero attached hydrogens (tertiary/aromatic N) is 3. The monoisotopic (exact) mass is 741 g/mol. The van der Waals surface area contributed by atoms with E-state index in [-0.39, 0.29) is 23.0 Å². The summed E-state index contributed by atoms with van der Waals surface area (Å²) < 4.78 is 39.7. The van der Waals surface area contributed by atoms with Crippen LogP contribution in [0.5, 0.6) is 5.75 Å². The number of ether oxygens (including phenoxy) is 2. The first-order valence-corrected chi connectivity index (χ1v) is 20.0. The highest BCUT2D eigenvalue weighted by atomic mass is 32.2. The predicted molar refractivity (Wildman–Crippen MR) is 209 cm³/mol. The van der Waals surface area contributed by atoms with Crippen molar-refractivity contribution in [3.63, 3.8) is 0 Å². The van der Waals surface area contributed by atoms with E-state index in [9.17, 15) is 18.0 Å². The fraction of sp³-hybridized carbons (Fsp3) is 0.390. The Hall–Kier alpha value is -4.94. The number of nitrogens with one attached hydrogen (secondary N) is 1. The van der Waals surface area contributed by atoms with Gasteiger partial charge < -0.3 is 30.0 Å². The number of aryl methyl sites for hydroxylation is 1. The standard InChI is InChI=1S/C41H51N5O6S/c1-4-5-23-51-24-25-52-36-13-8-31(9-14-36)32-10-17-38-34(26-32)27-33(18-21-46(38)28-30(2)3)41(48)44-35-11-15-37(16-12-35)53(49,50)29-40-43-19-22-45(40)20-6-7-39(42)47/h8-17,19,22,26-27,30H,4-7,18,20-21,23-25,28-29H2,1-3H3,(H2,42,47)(H,44,48). The maximum atomic E-state index is 13.7. The minimum Gasteiger partial charge on any atom is -0.491 e. The van der Waals surface area contributed by atoms with Crippen LogP contribution in [0.1, 0.15) is 64.3 Å². The molecule has 0 unspecified atom stereocenters. The van der Waals surface area contributed by atoms with Gasteiger partial charge in [-0.05, 0) is 96.5 Å². The van der Waals surface area contributed by atoms with Gasteiger partial charge in [-0.15, -0.1) is 0 Å². The molecule has 2 amide bonds. The quantitative estimate of drug-likeness (QED) is 0.0991. The highest BCUT2D eigenvalue weighted by Gasteiger charge is 2.22. The summed E-state index contributed by atoms with van der Waals surface area (Å²) in [6, 6.07) is 20.6. The van der Waals surface area contributed by atoms with Crippen molar-refractivity contribution >= 4 is 39.1 Å². The molecule has 0 fully saturated rings. The van der Waals surface area contributed by atoms with Crippen LogP contribution in [0.15, 0.2) is 89.6 Å². The molecular weight excluding hydrogens is 691 g/mol. The van der Waals surface area contributed by atoms with Gasteiger partial charge in [-0.2, -0.15) is 0 Å². The molecule has 0 spiro atoms. The largest absolute Gasteiger partial charge is 0.491 e. The van der Waals surface area contributed by atoms with Crippen molar-refractivity contribution in [3.8, 4) is 16.9 Å². The Balaban J connectivity index is 1.27. The summed E-state index contributed by atoms with van der Waals surface area (Å²) in [4.78, 5) is 31.5. The Morgan fingerprint density at radius 2 is 1.72 bits per heavy atom. The fourth-order valence-electron chi connectivity index (χ4n) is 6.21. The first kappa shape index (κ1) is 39.3. The van der Waals surface area contributed by atoms with Crippen LogP contribution >= 0.6 is 0 Å². The molecule has 3 N–H and O–H groups in total. The smallest absolute Gasteiger partial charge is 0.251 e. The number of nitrogens with two attached hydrogens (primary N) is 1. The number of sulfone groups is 1. The second-order valence-electron chi connectivity index (χ2n) is 13.7. The first-order chi connectivity index (χ1) is 25.5. The lowest BCUT2D eigenvalue weighted by Crippen LogP contribution is -2.29. The van der Waals surface area contributed by atoms with E-state index in [0.717, 1.165) is 54.1 Å². The molecule has 0 saturated heterocycles. The second kappa shape index (κ2) is 18.7. The number of unbranched alkanes of at least 4 members (excludes halogenated alkanes) is 1. The molecule has 11 nitrogen and oxygen atoms in total. The highest BCUT2D eigenvalue weighted by molar-refractivity contribution is 7.90. The van der Waals surface area contributed by atoms with Crippen molar-refractivity contribution < 1.29 is 27.5 Å². The Morgan fingerprint density at radius 3 is 2.43 bits per heavy atom. The lowest BCUT2D eigenvalue weighted by Gasteiger charge is -2.27. The number of carbonyl (C=O) groups excluding carboxylic acids is 2. The number of imidazole rings is 1. The molecule has 0 bridgehead atoms. The number of benzene rings is 3. The molecule has 282 valence electrons. The van der Waals surface area contributed by atoms with Gasteiger partial charge in [0.05, 0.1) is 11.5 Å². The zero-order valence-electron chi connectivity index (χ0n) is 30.9. The van der Waals surface area contributed by atoms with Crippen molar-refractivity contribution in [3.05, 3.63) is 96.1 Å². The summed E-state index contributed by atoms with van der Waals surface area (Å²) in [6.45, 7) is 10.3. The number of hydrogen-bond acceptors (Lipinski definition) is 8. The van der Waals surface area contributed by atoms with Crippen molar-refractivity contribution in [2.24, 2.45) is 11.7 Å². The molecule has 0 atom stereocenters. The number of hydrogen-bond donors (Lipinski definition) is 2. The van der Waals surface area contributed by atoms with Crippen molar-refractivity contribution in [1.29, 1.82) is 0 Å². The van der Waals surface area contributed by atoms with E-state index in [1.165, 1.54) is 18.3 Å². The third-order valence-electron chi connectivity index (χ3n) is 8.97. The normalized spacial score (nSPS) is 13.0. The van der Waals surface area contributed by atoms with E-state index in [1.807, 2.05) is 30.3 Å². The summed E-state index contributed by atoms with van der Waals surface area (Å²) in [5, 5.41) is 2.98. The molecule has 1 aromatic heterocycles. The van der Waals surface area contributed by atoms with Crippen LogP contribution in [0.25, 0.3) is 17.2 Å². The van der Waals surface area contributed by atoms with E-state index in [0.29, 0.717) is 62.1 Å². The van der Waals surface area contributed by atoms with Crippen molar-refractivity contribution in [2.45, 2.75) is 70.1 Å². The summed E-state index contributed by atoms with van der Waals surface area (Å²) in [7, 11) is -3.72. The Morgan fingerprint density at radius 1 is 0.962 bits per heavy atom. The third-order valence-corrected chi connectivity index (χ3v) is 10.6. The van der Waals surface area contributed by atoms with Gasteiger partial charge in [-0.1, -0.05) is 45.4 Å². The van der Waals surface area contributed by atoms with Crippen molar-refractivity contribution in [1.82, 2.24) is 9.55 Å². The minimum atomic E-state index is -3.72. The van der Waals surface area contributed by atoms with Crippen LogP contribution in [-0.2, 0) is 36.5 Å². The molecule has 0 radical (unpaired) electrons. The molecule has 53 heavy (non-hydrogen) atoms. The van der Waals surface area contributed by atoms with Crippen LogP contribution in [0, 0.1) is 5.92 Å². The molecular formula is C41H51N5O6S. The van der Waals surface area contributed by atoms with Gasteiger partial charge >= 0.3 is 0 Å². The Kier molecular flexibility index (Phi) is 13.9. The van der Waals surface area contributed by atoms with Gasteiger partial charge in [-0.3, -0.25) is 9.59 Å². The van der Waals surface area contributed by atoms with Gasteiger partial charge in [0.15, 0.2) is 9.84 Å². The van der Waals surface area contributed by atoms with Gasteiger partial charge in [0.1, 0.15) is 23.9 Å². The van der Waals surface area contributed by atoms with Crippen LogP contribution in [0.2, 0.25) is 0 Å². The van der Waals surface area contributed by atoms with Gasteiger partial charge in [-0.25, -0.2) is 13.4 Å². The zero-order chi connectivity index (χ0) is 37.8. The number of anilines is 2. The molecule has 1 aliphatic heterocycles. The lowest BCUT2D eigenvalue weighted by molar-refractivity contribution is -0.118. The summed E-state index contributed by atoms with van der Waals surface area (Å²) in [5.74, 6) is 0.664. The molecule has 4 aromatic rings. The van der Waals surface area contributed by atoms with Gasteiger partial charge in [0, 0.05) is 62.0 Å². The molecule has 3 aromatic carbocycles. The number of amides is 2. The maximum absolute atomic E-state index is 13.7. The summed E-state index contributed by atoms with van der Waals surface area (Å²) >= 11 is 0. The van der Waals surface area contributed by atoms with Crippen LogP contribution in [0.3, 0.4) is 0 Å². The van der Waals surface area contributed by atoms with Crippen LogP contribution < -0.4 is 20.7 Å². The number of primary amides is 1. The highest BCUT2D eigenvalue weighted by Crippen LogP contribution is 2.34. The first-order valence-electron chi connectivity index (χ1n) is 18.4. The number of rotatable bonds is 19. The van der Waals surface area contributed by atoms with Gasteiger partial charge in [0.25, 0.3) is 5.91 Å².